The Labute approximate surface area is 103 Å². The fourth-order valence-corrected chi connectivity index (χ4v) is 1.34. The van der Waals surface area contributed by atoms with Gasteiger partial charge in [0.25, 0.3) is 0 Å². The second-order valence-corrected chi connectivity index (χ2v) is 5.65. The number of hydrogen-bond acceptors (Lipinski definition) is 3. The number of aromatic amines is 1. The lowest BCUT2D eigenvalue weighted by Crippen LogP contribution is -2.31. The van der Waals surface area contributed by atoms with E-state index in [0.29, 0.717) is 24.7 Å². The summed E-state index contributed by atoms with van der Waals surface area (Å²) in [6.07, 6.45) is 2.01. The first-order valence-corrected chi connectivity index (χ1v) is 5.89. The second kappa shape index (κ2) is 5.29. The molecule has 0 fully saturated rings. The Morgan fingerprint density at radius 3 is 2.65 bits per heavy atom. The zero-order chi connectivity index (χ0) is 13.1. The Kier molecular flexibility index (Phi) is 4.26. The van der Waals surface area contributed by atoms with Crippen molar-refractivity contribution >= 4 is 5.91 Å². The number of carbonyl (C=O) groups excluding carboxylic acids is 1. The van der Waals surface area contributed by atoms with E-state index in [4.69, 9.17) is 0 Å². The van der Waals surface area contributed by atoms with Crippen molar-refractivity contribution in [3.05, 3.63) is 12.2 Å². The summed E-state index contributed by atoms with van der Waals surface area (Å²) < 4.78 is 0. The summed E-state index contributed by atoms with van der Waals surface area (Å²) in [5.41, 5.74) is 0.155. The van der Waals surface area contributed by atoms with Gasteiger partial charge in [-0.2, -0.15) is 5.10 Å². The van der Waals surface area contributed by atoms with Crippen LogP contribution in [0.5, 0.6) is 0 Å². The summed E-state index contributed by atoms with van der Waals surface area (Å²) in [7, 11) is 1.79. The summed E-state index contributed by atoms with van der Waals surface area (Å²) in [4.78, 5) is 17.7. The molecule has 1 aromatic rings. The minimum atomic E-state index is 0.142. The van der Waals surface area contributed by atoms with Crippen molar-refractivity contribution in [3.8, 4) is 0 Å². The number of hydrogen-bond donors (Lipinski definition) is 1. The molecule has 0 bridgehead atoms. The zero-order valence-electron chi connectivity index (χ0n) is 11.3. The average Bonchev–Trinajstić information content (AvgIpc) is 2.68. The highest BCUT2D eigenvalue weighted by Crippen LogP contribution is 2.28. The molecular weight excluding hydrogens is 216 g/mol. The van der Waals surface area contributed by atoms with E-state index in [1.807, 2.05) is 0 Å². The minimum Gasteiger partial charge on any atom is -0.338 e. The van der Waals surface area contributed by atoms with Crippen LogP contribution in [0.15, 0.2) is 6.33 Å². The van der Waals surface area contributed by atoms with Gasteiger partial charge in [0.15, 0.2) is 0 Å². The van der Waals surface area contributed by atoms with Crippen LogP contribution >= 0.6 is 0 Å². The van der Waals surface area contributed by atoms with Crippen molar-refractivity contribution < 1.29 is 4.79 Å². The van der Waals surface area contributed by atoms with Crippen LogP contribution in [0.1, 0.15) is 39.9 Å². The first-order valence-electron chi connectivity index (χ1n) is 5.89. The Bertz CT molecular complexity index is 353. The smallest absolute Gasteiger partial charge is 0.223 e. The third-order valence-electron chi connectivity index (χ3n) is 3.24. The van der Waals surface area contributed by atoms with Gasteiger partial charge in [-0.25, -0.2) is 4.98 Å². The zero-order valence-corrected chi connectivity index (χ0v) is 11.3. The summed E-state index contributed by atoms with van der Waals surface area (Å²) in [5, 5.41) is 6.51. The number of nitrogens with one attached hydrogen (secondary N) is 1. The van der Waals surface area contributed by atoms with E-state index in [-0.39, 0.29) is 11.3 Å². The molecule has 1 heterocycles. The van der Waals surface area contributed by atoms with Gasteiger partial charge in [0.1, 0.15) is 12.2 Å². The van der Waals surface area contributed by atoms with Crippen LogP contribution in [-0.4, -0.2) is 33.0 Å². The third kappa shape index (κ3) is 4.17. The maximum atomic E-state index is 12.0. The summed E-state index contributed by atoms with van der Waals surface area (Å²) in [6.45, 7) is 9.06. The van der Waals surface area contributed by atoms with Gasteiger partial charge < -0.3 is 4.90 Å². The largest absolute Gasteiger partial charge is 0.338 e. The molecule has 5 heteroatoms. The van der Waals surface area contributed by atoms with E-state index in [0.717, 1.165) is 0 Å². The molecule has 17 heavy (non-hydrogen) atoms. The molecule has 1 rings (SSSR count). The fraction of sp³-hybridized carbons (Fsp3) is 0.750. The molecule has 0 aliphatic rings. The molecule has 1 unspecified atom stereocenters. The average molecular weight is 238 g/mol. The first-order chi connectivity index (χ1) is 7.80. The van der Waals surface area contributed by atoms with Gasteiger partial charge in [-0.3, -0.25) is 9.89 Å². The van der Waals surface area contributed by atoms with Gasteiger partial charge >= 0.3 is 0 Å². The van der Waals surface area contributed by atoms with Crippen LogP contribution in [-0.2, 0) is 11.3 Å². The van der Waals surface area contributed by atoms with E-state index >= 15 is 0 Å². The lowest BCUT2D eigenvalue weighted by Gasteiger charge is -2.28. The van der Waals surface area contributed by atoms with Crippen molar-refractivity contribution in [1.29, 1.82) is 0 Å². The molecule has 5 nitrogen and oxygen atoms in total. The molecule has 96 valence electrons. The summed E-state index contributed by atoms with van der Waals surface area (Å²) >= 11 is 0. The monoisotopic (exact) mass is 238 g/mol. The molecule has 0 radical (unpaired) electrons. The molecule has 0 aromatic carbocycles. The highest BCUT2D eigenvalue weighted by molar-refractivity contribution is 5.76. The van der Waals surface area contributed by atoms with Gasteiger partial charge in [-0.05, 0) is 11.3 Å². The number of aromatic nitrogens is 3. The number of nitrogens with zero attached hydrogens (tertiary/aromatic N) is 3. The van der Waals surface area contributed by atoms with Crippen molar-refractivity contribution in [3.63, 3.8) is 0 Å². The van der Waals surface area contributed by atoms with Crippen LogP contribution in [0.3, 0.4) is 0 Å². The van der Waals surface area contributed by atoms with Crippen molar-refractivity contribution in [2.45, 2.75) is 40.7 Å². The fourth-order valence-electron chi connectivity index (χ4n) is 1.34. The maximum absolute atomic E-state index is 12.0. The van der Waals surface area contributed by atoms with E-state index in [9.17, 15) is 4.79 Å². The number of rotatable bonds is 4. The Morgan fingerprint density at radius 2 is 2.18 bits per heavy atom. The van der Waals surface area contributed by atoms with Gasteiger partial charge in [0.2, 0.25) is 5.91 Å². The van der Waals surface area contributed by atoms with Crippen LogP contribution in [0.2, 0.25) is 0 Å². The van der Waals surface area contributed by atoms with Crippen molar-refractivity contribution in [2.24, 2.45) is 11.3 Å². The summed E-state index contributed by atoms with van der Waals surface area (Å²) in [6, 6.07) is 0. The standard InChI is InChI=1S/C12H22N4O/c1-9(12(2,3)4)6-11(17)16(5)7-10-13-8-14-15-10/h8-9H,6-7H2,1-5H3,(H,13,14,15). The SMILES string of the molecule is CC(CC(=O)N(C)Cc1ncn[nH]1)C(C)(C)C. The Morgan fingerprint density at radius 1 is 1.53 bits per heavy atom. The van der Waals surface area contributed by atoms with Crippen LogP contribution in [0.25, 0.3) is 0 Å². The number of amides is 1. The number of carbonyl (C=O) groups is 1. The molecule has 1 aromatic heterocycles. The van der Waals surface area contributed by atoms with Gasteiger partial charge in [0.05, 0.1) is 6.54 Å². The van der Waals surface area contributed by atoms with Gasteiger partial charge in [-0.1, -0.05) is 27.7 Å². The normalized spacial score (nSPS) is 13.5. The molecule has 1 amide bonds. The van der Waals surface area contributed by atoms with Crippen LogP contribution < -0.4 is 0 Å². The second-order valence-electron chi connectivity index (χ2n) is 5.65. The molecular formula is C12H22N4O. The third-order valence-corrected chi connectivity index (χ3v) is 3.24. The van der Waals surface area contributed by atoms with Crippen molar-refractivity contribution in [1.82, 2.24) is 20.1 Å². The topological polar surface area (TPSA) is 61.9 Å². The van der Waals surface area contributed by atoms with E-state index in [2.05, 4.69) is 42.9 Å². The first kappa shape index (κ1) is 13.7. The van der Waals surface area contributed by atoms with Crippen molar-refractivity contribution in [2.75, 3.05) is 7.05 Å². The summed E-state index contributed by atoms with van der Waals surface area (Å²) in [5.74, 6) is 1.21. The maximum Gasteiger partial charge on any atom is 0.223 e. The molecule has 1 N–H and O–H groups in total. The molecule has 0 saturated heterocycles. The van der Waals surface area contributed by atoms with E-state index in [1.165, 1.54) is 6.33 Å². The highest BCUT2D eigenvalue weighted by Gasteiger charge is 2.24. The molecule has 0 spiro atoms. The molecule has 0 aliphatic carbocycles. The Balaban J connectivity index is 2.48. The highest BCUT2D eigenvalue weighted by atomic mass is 16.2. The Hall–Kier alpha value is -1.39. The quantitative estimate of drug-likeness (QED) is 0.870. The van der Waals surface area contributed by atoms with Gasteiger partial charge in [0, 0.05) is 13.5 Å². The minimum absolute atomic E-state index is 0.142. The predicted molar refractivity (Wildman–Crippen MR) is 66.1 cm³/mol. The lowest BCUT2D eigenvalue weighted by atomic mass is 9.80. The number of H-pyrrole nitrogens is 1. The van der Waals surface area contributed by atoms with E-state index < -0.39 is 0 Å². The van der Waals surface area contributed by atoms with Gasteiger partial charge in [-0.15, -0.1) is 0 Å². The predicted octanol–water partition coefficient (Wildman–Crippen LogP) is 1.84. The lowest BCUT2D eigenvalue weighted by molar-refractivity contribution is -0.132. The van der Waals surface area contributed by atoms with Crippen LogP contribution in [0, 0.1) is 11.3 Å². The molecule has 0 saturated carbocycles. The molecule has 1 atom stereocenters. The van der Waals surface area contributed by atoms with E-state index in [1.54, 1.807) is 11.9 Å². The molecule has 0 aliphatic heterocycles. The van der Waals surface area contributed by atoms with Crippen LogP contribution in [0.4, 0.5) is 0 Å².